The number of halogens is 2. The predicted octanol–water partition coefficient (Wildman–Crippen LogP) is 5.15. The quantitative estimate of drug-likeness (QED) is 0.807. The van der Waals surface area contributed by atoms with Gasteiger partial charge in [-0.05, 0) is 44.0 Å². The van der Waals surface area contributed by atoms with Crippen molar-refractivity contribution in [3.05, 3.63) is 29.8 Å². The van der Waals surface area contributed by atoms with E-state index >= 15 is 0 Å². The summed E-state index contributed by atoms with van der Waals surface area (Å²) >= 11 is 1.51. The summed E-state index contributed by atoms with van der Waals surface area (Å²) in [4.78, 5) is 0.448. The summed E-state index contributed by atoms with van der Waals surface area (Å²) in [6.45, 7) is 3.15. The van der Waals surface area contributed by atoms with Gasteiger partial charge in [-0.1, -0.05) is 32.6 Å². The Labute approximate surface area is 130 Å². The van der Waals surface area contributed by atoms with Gasteiger partial charge in [-0.3, -0.25) is 0 Å². The highest BCUT2D eigenvalue weighted by Gasteiger charge is 2.24. The molecule has 1 aromatic rings. The van der Waals surface area contributed by atoms with Crippen LogP contribution in [0.1, 0.15) is 51.9 Å². The fraction of sp³-hybridized carbons (Fsp3) is 0.647. The topological polar surface area (TPSA) is 12.0 Å². The molecule has 1 saturated carbocycles. The van der Waals surface area contributed by atoms with Crippen LogP contribution in [0.5, 0.6) is 0 Å². The van der Waals surface area contributed by atoms with Gasteiger partial charge in [-0.2, -0.15) is 0 Å². The Balaban J connectivity index is 2.08. The van der Waals surface area contributed by atoms with E-state index in [0.717, 1.165) is 25.8 Å². The fourth-order valence-electron chi connectivity index (χ4n) is 2.89. The predicted molar refractivity (Wildman–Crippen MR) is 85.8 cm³/mol. The van der Waals surface area contributed by atoms with Gasteiger partial charge in [0.2, 0.25) is 0 Å². The van der Waals surface area contributed by atoms with Crippen molar-refractivity contribution in [2.75, 3.05) is 6.54 Å². The van der Waals surface area contributed by atoms with Crippen molar-refractivity contribution in [1.29, 1.82) is 0 Å². The average molecular weight is 313 g/mol. The molecule has 0 radical (unpaired) electrons. The van der Waals surface area contributed by atoms with Crippen LogP contribution in [0.15, 0.2) is 23.1 Å². The van der Waals surface area contributed by atoms with Gasteiger partial charge in [0.1, 0.15) is 11.6 Å². The smallest absolute Gasteiger partial charge is 0.136 e. The first-order valence-corrected chi connectivity index (χ1v) is 8.93. The van der Waals surface area contributed by atoms with Crippen LogP contribution < -0.4 is 5.32 Å². The van der Waals surface area contributed by atoms with Crippen molar-refractivity contribution in [3.8, 4) is 0 Å². The Morgan fingerprint density at radius 1 is 1.14 bits per heavy atom. The van der Waals surface area contributed by atoms with E-state index in [4.69, 9.17) is 0 Å². The SMILES string of the molecule is CCCNC1CCCCCCC1Sc1cc(F)ccc1F. The van der Waals surface area contributed by atoms with Crippen molar-refractivity contribution >= 4 is 11.8 Å². The van der Waals surface area contributed by atoms with E-state index in [-0.39, 0.29) is 11.6 Å². The molecule has 1 aliphatic carbocycles. The van der Waals surface area contributed by atoms with Crippen molar-refractivity contribution in [3.63, 3.8) is 0 Å². The molecular weight excluding hydrogens is 288 g/mol. The molecule has 0 heterocycles. The summed E-state index contributed by atoms with van der Waals surface area (Å²) in [6, 6.07) is 4.15. The molecule has 21 heavy (non-hydrogen) atoms. The summed E-state index contributed by atoms with van der Waals surface area (Å²) in [5.41, 5.74) is 0. The third kappa shape index (κ3) is 5.26. The molecule has 1 fully saturated rings. The molecule has 1 N–H and O–H groups in total. The van der Waals surface area contributed by atoms with Gasteiger partial charge < -0.3 is 5.32 Å². The zero-order valence-corrected chi connectivity index (χ0v) is 13.5. The van der Waals surface area contributed by atoms with Crippen LogP contribution in [-0.4, -0.2) is 17.8 Å². The first-order chi connectivity index (χ1) is 10.2. The Bertz CT molecular complexity index is 437. The standard InChI is InChI=1S/C17H25F2NS/c1-2-11-20-15-7-5-3-4-6-8-16(15)21-17-12-13(18)9-10-14(17)19/h9-10,12,15-16,20H,2-8,11H2,1H3. The highest BCUT2D eigenvalue weighted by molar-refractivity contribution is 8.00. The minimum absolute atomic E-state index is 0.308. The molecule has 0 amide bonds. The van der Waals surface area contributed by atoms with Crippen molar-refractivity contribution in [1.82, 2.24) is 5.32 Å². The summed E-state index contributed by atoms with van der Waals surface area (Å²) in [6.07, 6.45) is 8.25. The van der Waals surface area contributed by atoms with Crippen LogP contribution in [0, 0.1) is 11.6 Å². The van der Waals surface area contributed by atoms with Gasteiger partial charge in [-0.15, -0.1) is 11.8 Å². The van der Waals surface area contributed by atoms with Gasteiger partial charge in [0.25, 0.3) is 0 Å². The number of rotatable bonds is 5. The number of hydrogen-bond acceptors (Lipinski definition) is 2. The van der Waals surface area contributed by atoms with Crippen molar-refractivity contribution in [2.45, 2.75) is 68.1 Å². The van der Waals surface area contributed by atoms with E-state index in [0.29, 0.717) is 16.2 Å². The Hall–Kier alpha value is -0.610. The average Bonchev–Trinajstić information content (AvgIpc) is 2.45. The summed E-state index contributed by atoms with van der Waals surface area (Å²) in [7, 11) is 0. The number of nitrogens with one attached hydrogen (secondary N) is 1. The van der Waals surface area contributed by atoms with E-state index < -0.39 is 0 Å². The molecule has 0 aliphatic heterocycles. The second-order valence-electron chi connectivity index (χ2n) is 5.78. The highest BCUT2D eigenvalue weighted by Crippen LogP contribution is 2.34. The third-order valence-corrected chi connectivity index (χ3v) is 5.46. The maximum Gasteiger partial charge on any atom is 0.136 e. The highest BCUT2D eigenvalue weighted by atomic mass is 32.2. The molecule has 1 nitrogen and oxygen atoms in total. The van der Waals surface area contributed by atoms with E-state index in [1.165, 1.54) is 55.6 Å². The molecule has 0 bridgehead atoms. The lowest BCUT2D eigenvalue weighted by Gasteiger charge is -2.30. The van der Waals surface area contributed by atoms with Gasteiger partial charge >= 0.3 is 0 Å². The van der Waals surface area contributed by atoms with E-state index in [1.54, 1.807) is 0 Å². The van der Waals surface area contributed by atoms with Crippen LogP contribution in [0.25, 0.3) is 0 Å². The number of hydrogen-bond donors (Lipinski definition) is 1. The maximum absolute atomic E-state index is 13.9. The molecule has 118 valence electrons. The summed E-state index contributed by atoms with van der Waals surface area (Å²) < 4.78 is 27.2. The van der Waals surface area contributed by atoms with E-state index in [9.17, 15) is 8.78 Å². The number of benzene rings is 1. The molecule has 1 aromatic carbocycles. The fourth-order valence-corrected chi connectivity index (χ4v) is 4.25. The zero-order chi connectivity index (χ0) is 15.1. The van der Waals surface area contributed by atoms with Crippen LogP contribution in [0.2, 0.25) is 0 Å². The molecular formula is C17H25F2NS. The molecule has 0 spiro atoms. The molecule has 2 unspecified atom stereocenters. The summed E-state index contributed by atoms with van der Waals surface area (Å²) in [5.74, 6) is -0.666. The van der Waals surface area contributed by atoms with Crippen LogP contribution in [0.4, 0.5) is 8.78 Å². The Kier molecular flexibility index (Phi) is 6.97. The maximum atomic E-state index is 13.9. The number of thioether (sulfide) groups is 1. The molecule has 0 aromatic heterocycles. The first kappa shape index (κ1) is 16.8. The van der Waals surface area contributed by atoms with E-state index in [2.05, 4.69) is 12.2 Å². The monoisotopic (exact) mass is 313 g/mol. The van der Waals surface area contributed by atoms with Gasteiger partial charge in [0.05, 0.1) is 0 Å². The summed E-state index contributed by atoms with van der Waals surface area (Å²) in [5, 5.41) is 3.93. The lowest BCUT2D eigenvalue weighted by molar-refractivity contribution is 0.399. The molecule has 2 rings (SSSR count). The van der Waals surface area contributed by atoms with E-state index in [1.807, 2.05) is 0 Å². The molecule has 4 heteroatoms. The van der Waals surface area contributed by atoms with Crippen LogP contribution in [-0.2, 0) is 0 Å². The molecule has 0 saturated heterocycles. The zero-order valence-electron chi connectivity index (χ0n) is 12.7. The van der Waals surface area contributed by atoms with Crippen molar-refractivity contribution in [2.24, 2.45) is 0 Å². The second-order valence-corrected chi connectivity index (χ2v) is 7.06. The van der Waals surface area contributed by atoms with Crippen molar-refractivity contribution < 1.29 is 8.78 Å². The Morgan fingerprint density at radius 3 is 2.67 bits per heavy atom. The van der Waals surface area contributed by atoms with Crippen LogP contribution >= 0.6 is 11.8 Å². The minimum atomic E-state index is -0.359. The normalized spacial score (nSPS) is 23.6. The minimum Gasteiger partial charge on any atom is -0.313 e. The van der Waals surface area contributed by atoms with Gasteiger partial charge in [0, 0.05) is 16.2 Å². The van der Waals surface area contributed by atoms with Gasteiger partial charge in [-0.25, -0.2) is 8.78 Å². The first-order valence-electron chi connectivity index (χ1n) is 8.05. The van der Waals surface area contributed by atoms with Crippen LogP contribution in [0.3, 0.4) is 0 Å². The lowest BCUT2D eigenvalue weighted by Crippen LogP contribution is -2.39. The van der Waals surface area contributed by atoms with Gasteiger partial charge in [0.15, 0.2) is 0 Å². The third-order valence-electron chi connectivity index (χ3n) is 4.03. The largest absolute Gasteiger partial charge is 0.313 e. The Morgan fingerprint density at radius 2 is 1.90 bits per heavy atom. The second kappa shape index (κ2) is 8.74. The molecule has 2 atom stereocenters. The lowest BCUT2D eigenvalue weighted by atomic mass is 9.96. The molecule has 1 aliphatic rings.